The summed E-state index contributed by atoms with van der Waals surface area (Å²) >= 11 is 7.55. The molecule has 0 aliphatic rings. The number of pyridine rings is 1. The molecular formula is C10H15BrN2OS. The van der Waals surface area contributed by atoms with Gasteiger partial charge in [0.1, 0.15) is 0 Å². The summed E-state index contributed by atoms with van der Waals surface area (Å²) in [6.45, 7) is 4.16. The predicted molar refractivity (Wildman–Crippen MR) is 69.1 cm³/mol. The van der Waals surface area contributed by atoms with E-state index in [1.165, 1.54) is 0 Å². The van der Waals surface area contributed by atoms with Crippen molar-refractivity contribution in [1.29, 1.82) is 0 Å². The van der Waals surface area contributed by atoms with Crippen LogP contribution in [0.25, 0.3) is 0 Å². The summed E-state index contributed by atoms with van der Waals surface area (Å²) in [4.78, 5) is 11.5. The Balaban J connectivity index is 3.24. The van der Waals surface area contributed by atoms with Gasteiger partial charge >= 0.3 is 0 Å². The zero-order valence-electron chi connectivity index (χ0n) is 8.99. The molecule has 0 saturated carbocycles. The number of aryl methyl sites for hydroxylation is 1. The second-order valence-electron chi connectivity index (χ2n) is 3.88. The maximum absolute atomic E-state index is 11.5. The molecule has 1 atom stereocenters. The van der Waals surface area contributed by atoms with E-state index in [1.54, 1.807) is 23.9 Å². The normalized spacial score (nSPS) is 13.2. The fourth-order valence-corrected chi connectivity index (χ4v) is 2.53. The SMILES string of the molecule is CC(C)[C@H](NS)c1cc(=O)n(C)cc1Br. The number of nitrogens with one attached hydrogen (secondary N) is 1. The molecule has 1 heterocycles. The Bertz CT molecular complexity index is 403. The molecular weight excluding hydrogens is 276 g/mol. The average molecular weight is 291 g/mol. The van der Waals surface area contributed by atoms with Gasteiger partial charge in [-0.05, 0) is 27.4 Å². The molecule has 0 amide bonds. The molecule has 1 aromatic rings. The third-order valence-corrected chi connectivity index (χ3v) is 3.29. The lowest BCUT2D eigenvalue weighted by Crippen LogP contribution is -2.23. The second kappa shape index (κ2) is 5.18. The smallest absolute Gasteiger partial charge is 0.250 e. The van der Waals surface area contributed by atoms with E-state index in [2.05, 4.69) is 47.3 Å². The van der Waals surface area contributed by atoms with Crippen LogP contribution >= 0.6 is 28.7 Å². The van der Waals surface area contributed by atoms with Gasteiger partial charge in [0.05, 0.1) is 0 Å². The summed E-state index contributed by atoms with van der Waals surface area (Å²) in [5.74, 6) is 0.367. The van der Waals surface area contributed by atoms with E-state index in [0.29, 0.717) is 5.92 Å². The standard InChI is InChI=1S/C10H15BrN2OS/c1-6(2)10(12-15)7-4-9(14)13(3)5-8(7)11/h4-6,10,12,15H,1-3H3/t10-/m0/s1. The van der Waals surface area contributed by atoms with E-state index < -0.39 is 0 Å². The Morgan fingerprint density at radius 1 is 1.53 bits per heavy atom. The van der Waals surface area contributed by atoms with Gasteiger partial charge in [0, 0.05) is 29.8 Å². The van der Waals surface area contributed by atoms with Gasteiger partial charge in [-0.3, -0.25) is 9.52 Å². The number of rotatable bonds is 3. The van der Waals surface area contributed by atoms with Gasteiger partial charge in [0.25, 0.3) is 5.56 Å². The third-order valence-electron chi connectivity index (χ3n) is 2.35. The van der Waals surface area contributed by atoms with E-state index in [1.807, 2.05) is 0 Å². The molecule has 0 fully saturated rings. The number of halogens is 1. The van der Waals surface area contributed by atoms with Gasteiger partial charge < -0.3 is 4.57 Å². The fraction of sp³-hybridized carbons (Fsp3) is 0.500. The van der Waals surface area contributed by atoms with E-state index in [9.17, 15) is 4.79 Å². The van der Waals surface area contributed by atoms with Crippen molar-refractivity contribution < 1.29 is 0 Å². The molecule has 5 heteroatoms. The summed E-state index contributed by atoms with van der Waals surface area (Å²) in [5, 5.41) is 0. The molecule has 0 spiro atoms. The van der Waals surface area contributed by atoms with Crippen molar-refractivity contribution in [2.75, 3.05) is 0 Å². The maximum Gasteiger partial charge on any atom is 0.250 e. The van der Waals surface area contributed by atoms with Crippen LogP contribution in [-0.4, -0.2) is 4.57 Å². The minimum atomic E-state index is -0.0116. The number of hydrogen-bond donors (Lipinski definition) is 2. The molecule has 0 bridgehead atoms. The summed E-state index contributed by atoms with van der Waals surface area (Å²) in [7, 11) is 1.73. The highest BCUT2D eigenvalue weighted by atomic mass is 79.9. The van der Waals surface area contributed by atoms with Crippen LogP contribution in [-0.2, 0) is 7.05 Å². The van der Waals surface area contributed by atoms with Gasteiger partial charge in [-0.1, -0.05) is 26.7 Å². The molecule has 0 radical (unpaired) electrons. The topological polar surface area (TPSA) is 34.0 Å². The van der Waals surface area contributed by atoms with Crippen molar-refractivity contribution in [3.8, 4) is 0 Å². The molecule has 15 heavy (non-hydrogen) atoms. The van der Waals surface area contributed by atoms with Crippen molar-refractivity contribution in [3.05, 3.63) is 32.7 Å². The van der Waals surface area contributed by atoms with Gasteiger partial charge in [0.15, 0.2) is 0 Å². The number of nitrogens with zero attached hydrogens (tertiary/aromatic N) is 1. The average Bonchev–Trinajstić information content (AvgIpc) is 2.14. The van der Waals surface area contributed by atoms with Crippen molar-refractivity contribution in [1.82, 2.24) is 9.29 Å². The van der Waals surface area contributed by atoms with Crippen molar-refractivity contribution in [2.24, 2.45) is 13.0 Å². The molecule has 0 aliphatic heterocycles. The molecule has 3 nitrogen and oxygen atoms in total. The van der Waals surface area contributed by atoms with Crippen LogP contribution in [0.4, 0.5) is 0 Å². The summed E-state index contributed by atoms with van der Waals surface area (Å²) in [6.07, 6.45) is 1.78. The molecule has 1 aromatic heterocycles. The summed E-state index contributed by atoms with van der Waals surface area (Å²) in [6, 6.07) is 1.70. The fourth-order valence-electron chi connectivity index (χ4n) is 1.43. The first kappa shape index (κ1) is 12.8. The zero-order chi connectivity index (χ0) is 11.6. The minimum Gasteiger partial charge on any atom is -0.317 e. The number of hydrogen-bond acceptors (Lipinski definition) is 3. The van der Waals surface area contributed by atoms with E-state index >= 15 is 0 Å². The maximum atomic E-state index is 11.5. The van der Waals surface area contributed by atoms with Crippen molar-refractivity contribution in [2.45, 2.75) is 19.9 Å². The Hall–Kier alpha value is -0.260. The molecule has 84 valence electrons. The van der Waals surface area contributed by atoms with E-state index in [-0.39, 0.29) is 11.6 Å². The van der Waals surface area contributed by atoms with Gasteiger partial charge in [-0.15, -0.1) is 0 Å². The van der Waals surface area contributed by atoms with Crippen LogP contribution in [0.15, 0.2) is 21.5 Å². The molecule has 0 saturated heterocycles. The quantitative estimate of drug-likeness (QED) is 0.838. The predicted octanol–water partition coefficient (Wildman–Crippen LogP) is 2.28. The lowest BCUT2D eigenvalue weighted by atomic mass is 9.98. The van der Waals surface area contributed by atoms with Crippen LogP contribution in [0.5, 0.6) is 0 Å². The Morgan fingerprint density at radius 3 is 2.60 bits per heavy atom. The van der Waals surface area contributed by atoms with E-state index in [0.717, 1.165) is 10.0 Å². The largest absolute Gasteiger partial charge is 0.317 e. The number of thiol groups is 1. The first-order valence-corrected chi connectivity index (χ1v) is 5.97. The van der Waals surface area contributed by atoms with Crippen LogP contribution in [0.2, 0.25) is 0 Å². The molecule has 0 unspecified atom stereocenters. The monoisotopic (exact) mass is 290 g/mol. The third kappa shape index (κ3) is 2.86. The van der Waals surface area contributed by atoms with Crippen molar-refractivity contribution >= 4 is 28.7 Å². The van der Waals surface area contributed by atoms with Crippen molar-refractivity contribution in [3.63, 3.8) is 0 Å². The first-order valence-electron chi connectivity index (χ1n) is 4.73. The van der Waals surface area contributed by atoms with Crippen LogP contribution in [0, 0.1) is 5.92 Å². The Labute approximate surface area is 104 Å². The molecule has 1 rings (SSSR count). The first-order chi connectivity index (χ1) is 6.97. The number of aromatic nitrogens is 1. The van der Waals surface area contributed by atoms with Crippen LogP contribution in [0.3, 0.4) is 0 Å². The Morgan fingerprint density at radius 2 is 2.13 bits per heavy atom. The minimum absolute atomic E-state index is 0.0116. The van der Waals surface area contributed by atoms with Gasteiger partial charge in [0.2, 0.25) is 0 Å². The lowest BCUT2D eigenvalue weighted by molar-refractivity contribution is 0.485. The molecule has 0 aliphatic carbocycles. The molecule has 0 aromatic carbocycles. The zero-order valence-corrected chi connectivity index (χ0v) is 11.5. The van der Waals surface area contributed by atoms with Crippen LogP contribution < -0.4 is 10.3 Å². The summed E-state index contributed by atoms with van der Waals surface area (Å²) in [5.41, 5.74) is 0.936. The highest BCUT2D eigenvalue weighted by Crippen LogP contribution is 2.27. The Kier molecular flexibility index (Phi) is 4.43. The summed E-state index contributed by atoms with van der Waals surface area (Å²) < 4.78 is 5.39. The second-order valence-corrected chi connectivity index (χ2v) is 4.99. The van der Waals surface area contributed by atoms with Crippen LogP contribution in [0.1, 0.15) is 25.5 Å². The highest BCUT2D eigenvalue weighted by Gasteiger charge is 2.17. The lowest BCUT2D eigenvalue weighted by Gasteiger charge is -2.21. The molecule has 1 N–H and O–H groups in total. The van der Waals surface area contributed by atoms with Gasteiger partial charge in [-0.25, -0.2) is 0 Å². The van der Waals surface area contributed by atoms with Gasteiger partial charge in [-0.2, -0.15) is 0 Å². The van der Waals surface area contributed by atoms with E-state index in [4.69, 9.17) is 0 Å². The highest BCUT2D eigenvalue weighted by molar-refractivity contribution is 9.10.